The third-order valence-electron chi connectivity index (χ3n) is 6.64. The van der Waals surface area contributed by atoms with Crippen LogP contribution in [0.15, 0.2) is 30.3 Å². The monoisotopic (exact) mass is 602 g/mol. The van der Waals surface area contributed by atoms with Gasteiger partial charge in [-0.3, -0.25) is 34.2 Å². The molecule has 15 heteroatoms. The third-order valence-corrected chi connectivity index (χ3v) is 6.64. The number of carboxylic acids is 1. The van der Waals surface area contributed by atoms with Gasteiger partial charge in [-0.25, -0.2) is 0 Å². The summed E-state index contributed by atoms with van der Waals surface area (Å²) in [6.45, 7) is 1.70. The van der Waals surface area contributed by atoms with E-state index in [-0.39, 0.29) is 25.1 Å². The van der Waals surface area contributed by atoms with Crippen LogP contribution >= 0.6 is 0 Å². The molecule has 15 nitrogen and oxygen atoms in total. The molecule has 0 aliphatic carbocycles. The van der Waals surface area contributed by atoms with Gasteiger partial charge in [0.2, 0.25) is 29.5 Å². The normalized spacial score (nSPS) is 22.0. The van der Waals surface area contributed by atoms with E-state index in [1.165, 1.54) is 0 Å². The van der Waals surface area contributed by atoms with Crippen molar-refractivity contribution in [2.45, 2.75) is 76.0 Å². The lowest BCUT2D eigenvalue weighted by molar-refractivity contribution is -0.141. The van der Waals surface area contributed by atoms with Crippen molar-refractivity contribution in [1.82, 2.24) is 31.9 Å². The van der Waals surface area contributed by atoms with Crippen molar-refractivity contribution in [3.63, 3.8) is 0 Å². The molecule has 4 atom stereocenters. The maximum atomic E-state index is 13.6. The van der Waals surface area contributed by atoms with Gasteiger partial charge in [-0.05, 0) is 51.1 Å². The molecule has 0 aromatic heterocycles. The van der Waals surface area contributed by atoms with E-state index >= 15 is 0 Å². The molecule has 0 spiro atoms. The zero-order valence-corrected chi connectivity index (χ0v) is 24.2. The van der Waals surface area contributed by atoms with E-state index in [9.17, 15) is 33.9 Å². The zero-order valence-electron chi connectivity index (χ0n) is 24.2. The molecule has 0 bridgehead atoms. The van der Waals surface area contributed by atoms with Crippen LogP contribution in [0.1, 0.15) is 51.0 Å². The Labute approximate surface area is 250 Å². The van der Waals surface area contributed by atoms with Crippen LogP contribution in [0, 0.1) is 5.41 Å². The van der Waals surface area contributed by atoms with E-state index < -0.39 is 72.6 Å². The summed E-state index contributed by atoms with van der Waals surface area (Å²) in [7, 11) is 0. The average Bonchev–Trinajstić information content (AvgIpc) is 2.95. The van der Waals surface area contributed by atoms with E-state index in [1.807, 2.05) is 0 Å². The van der Waals surface area contributed by atoms with Crippen LogP contribution in [0.3, 0.4) is 0 Å². The van der Waals surface area contributed by atoms with Crippen molar-refractivity contribution >= 4 is 41.3 Å². The summed E-state index contributed by atoms with van der Waals surface area (Å²) in [5.41, 5.74) is 6.31. The molecule has 43 heavy (non-hydrogen) atoms. The Kier molecular flexibility index (Phi) is 14.6. The van der Waals surface area contributed by atoms with Crippen LogP contribution in [0.5, 0.6) is 0 Å². The molecule has 10 N–H and O–H groups in total. The van der Waals surface area contributed by atoms with E-state index in [0.717, 1.165) is 0 Å². The smallest absolute Gasteiger partial charge is 0.305 e. The SMILES string of the molecule is CC(=N)NCCC[C@@H]1NC(=O)[C@H](CCCCN)NC(=O)[C@@H](Cc2ccccc2)NC(=O)[C@H](CC(=O)O)NC(=O)CNC1=O. The number of hydrogen-bond donors (Lipinski definition) is 9. The summed E-state index contributed by atoms with van der Waals surface area (Å²) in [5, 5.41) is 32.3. The molecule has 0 saturated carbocycles. The number of aliphatic carboxylic acids is 1. The van der Waals surface area contributed by atoms with Crippen molar-refractivity contribution < 1.29 is 33.9 Å². The first-order valence-electron chi connectivity index (χ1n) is 14.2. The number of unbranched alkanes of at least 4 members (excludes halogenated alkanes) is 1. The molecule has 2 rings (SSSR count). The molecule has 1 aliphatic heterocycles. The van der Waals surface area contributed by atoms with Gasteiger partial charge in [0.15, 0.2) is 0 Å². The molecule has 1 fully saturated rings. The fourth-order valence-electron chi connectivity index (χ4n) is 4.41. The fraction of sp³-hybridized carbons (Fsp3) is 0.536. The van der Waals surface area contributed by atoms with Crippen molar-refractivity contribution in [2.75, 3.05) is 19.6 Å². The predicted molar refractivity (Wildman–Crippen MR) is 157 cm³/mol. The Morgan fingerprint density at radius 2 is 1.44 bits per heavy atom. The first-order valence-corrected chi connectivity index (χ1v) is 14.2. The van der Waals surface area contributed by atoms with Gasteiger partial charge in [-0.1, -0.05) is 30.3 Å². The molecule has 1 aliphatic rings. The van der Waals surface area contributed by atoms with E-state index in [0.29, 0.717) is 37.9 Å². The maximum Gasteiger partial charge on any atom is 0.305 e. The lowest BCUT2D eigenvalue weighted by Gasteiger charge is -2.26. The molecule has 236 valence electrons. The molecule has 0 unspecified atom stereocenters. The Hall–Kier alpha value is -4.53. The van der Waals surface area contributed by atoms with Gasteiger partial charge in [0.1, 0.15) is 24.2 Å². The van der Waals surface area contributed by atoms with Gasteiger partial charge < -0.3 is 42.7 Å². The third kappa shape index (κ3) is 12.9. The minimum atomic E-state index is -1.54. The highest BCUT2D eigenvalue weighted by atomic mass is 16.4. The summed E-state index contributed by atoms with van der Waals surface area (Å²) in [6.07, 6.45) is 1.06. The Morgan fingerprint density at radius 3 is 2.07 bits per heavy atom. The Morgan fingerprint density at radius 1 is 0.860 bits per heavy atom. The second-order valence-corrected chi connectivity index (χ2v) is 10.3. The number of carboxylic acid groups (broad SMARTS) is 1. The van der Waals surface area contributed by atoms with Crippen molar-refractivity contribution in [3.8, 4) is 0 Å². The zero-order chi connectivity index (χ0) is 31.8. The first-order chi connectivity index (χ1) is 20.5. The minimum Gasteiger partial charge on any atom is -0.481 e. The number of carbonyl (C=O) groups is 6. The lowest BCUT2D eigenvalue weighted by atomic mass is 10.0. The molecule has 1 heterocycles. The topological polar surface area (TPSA) is 245 Å². The standard InChI is InChI=1S/C28H42N8O7/c1-17(30)31-13-7-11-19-25(40)32-16-23(37)33-22(15-24(38)39)28(43)36-21(14-18-8-3-2-4-9-18)27(42)35-20(26(41)34-19)10-5-6-12-29/h2-4,8-9,19-22H,5-7,10-16,29H2,1H3,(H2,30,31)(H,32,40)(H,33,37)(H,34,41)(H,35,42)(H,36,43)(H,38,39)/t19-,20-,21+,22-/m0/s1. The first kappa shape index (κ1) is 34.7. The highest BCUT2D eigenvalue weighted by Gasteiger charge is 2.33. The molecule has 0 radical (unpaired) electrons. The highest BCUT2D eigenvalue weighted by molar-refractivity contribution is 5.98. The van der Waals surface area contributed by atoms with Gasteiger partial charge in [-0.2, -0.15) is 0 Å². The molecular weight excluding hydrogens is 560 g/mol. The molecule has 5 amide bonds. The maximum absolute atomic E-state index is 13.6. The number of amides is 5. The van der Waals surface area contributed by atoms with E-state index in [4.69, 9.17) is 11.1 Å². The average molecular weight is 603 g/mol. The second kappa shape index (κ2) is 18.1. The Balaban J connectivity index is 2.42. The molecule has 1 saturated heterocycles. The van der Waals surface area contributed by atoms with Crippen LogP contribution in [0.2, 0.25) is 0 Å². The van der Waals surface area contributed by atoms with Crippen molar-refractivity contribution in [3.05, 3.63) is 35.9 Å². The molecular formula is C28H42N8O7. The summed E-state index contributed by atoms with van der Waals surface area (Å²) in [6, 6.07) is 3.86. The summed E-state index contributed by atoms with van der Waals surface area (Å²) in [4.78, 5) is 77.3. The number of rotatable bonds is 12. The molecule has 1 aromatic rings. The number of hydrogen-bond acceptors (Lipinski definition) is 8. The minimum absolute atomic E-state index is 0.0192. The van der Waals surface area contributed by atoms with Gasteiger partial charge in [0.25, 0.3) is 0 Å². The lowest BCUT2D eigenvalue weighted by Crippen LogP contribution is -2.58. The van der Waals surface area contributed by atoms with E-state index in [1.54, 1.807) is 37.3 Å². The van der Waals surface area contributed by atoms with Crippen LogP contribution in [-0.4, -0.2) is 90.2 Å². The number of nitrogens with one attached hydrogen (secondary N) is 7. The predicted octanol–water partition coefficient (Wildman–Crippen LogP) is -1.73. The van der Waals surface area contributed by atoms with Crippen LogP contribution in [-0.2, 0) is 35.2 Å². The van der Waals surface area contributed by atoms with Crippen molar-refractivity contribution in [2.24, 2.45) is 5.73 Å². The highest BCUT2D eigenvalue weighted by Crippen LogP contribution is 2.09. The number of nitrogens with two attached hydrogens (primary N) is 1. The van der Waals surface area contributed by atoms with E-state index in [2.05, 4.69) is 31.9 Å². The largest absolute Gasteiger partial charge is 0.481 e. The fourth-order valence-corrected chi connectivity index (χ4v) is 4.41. The van der Waals surface area contributed by atoms with Gasteiger partial charge in [-0.15, -0.1) is 0 Å². The quantitative estimate of drug-likeness (QED) is 0.0748. The van der Waals surface area contributed by atoms with Gasteiger partial charge in [0, 0.05) is 13.0 Å². The van der Waals surface area contributed by atoms with Gasteiger partial charge >= 0.3 is 5.97 Å². The number of amidine groups is 1. The van der Waals surface area contributed by atoms with Gasteiger partial charge in [0.05, 0.1) is 18.8 Å². The van der Waals surface area contributed by atoms with Crippen LogP contribution < -0.4 is 37.6 Å². The second-order valence-electron chi connectivity index (χ2n) is 10.3. The summed E-state index contributed by atoms with van der Waals surface area (Å²) < 4.78 is 0. The number of benzene rings is 1. The Bertz CT molecular complexity index is 1150. The van der Waals surface area contributed by atoms with Crippen molar-refractivity contribution in [1.29, 1.82) is 5.41 Å². The number of carbonyl (C=O) groups excluding carboxylic acids is 5. The molecule has 1 aromatic carbocycles. The summed E-state index contributed by atoms with van der Waals surface area (Å²) >= 11 is 0. The summed E-state index contributed by atoms with van der Waals surface area (Å²) in [5.74, 6) is -4.89. The van der Waals surface area contributed by atoms with Crippen LogP contribution in [0.25, 0.3) is 0 Å². The van der Waals surface area contributed by atoms with Crippen LogP contribution in [0.4, 0.5) is 0 Å².